The van der Waals surface area contributed by atoms with Crippen LogP contribution >= 0.6 is 15.9 Å². The summed E-state index contributed by atoms with van der Waals surface area (Å²) in [4.78, 5) is 0. The monoisotopic (exact) mass is 306 g/mol. The van der Waals surface area contributed by atoms with Crippen LogP contribution in [0.15, 0.2) is 53.0 Å². The molecule has 0 saturated carbocycles. The maximum atomic E-state index is 9.93. The van der Waals surface area contributed by atoms with Crippen LogP contribution in [-0.4, -0.2) is 5.11 Å². The molecule has 0 aliphatic rings. The Hall–Kier alpha value is -1.32. The Labute approximate surface area is 115 Å². The van der Waals surface area contributed by atoms with Crippen LogP contribution in [0, 0.1) is 0 Å². The van der Waals surface area contributed by atoms with Gasteiger partial charge in [-0.2, -0.15) is 0 Å². The highest BCUT2D eigenvalue weighted by molar-refractivity contribution is 9.10. The molecule has 0 saturated heterocycles. The van der Waals surface area contributed by atoms with E-state index in [0.717, 1.165) is 21.5 Å². The van der Waals surface area contributed by atoms with Gasteiger partial charge in [0.05, 0.1) is 10.1 Å². The predicted molar refractivity (Wildman–Crippen MR) is 75.9 cm³/mol. The van der Waals surface area contributed by atoms with Gasteiger partial charge in [-0.05, 0) is 59.6 Å². The van der Waals surface area contributed by atoms with Gasteiger partial charge in [0.2, 0.25) is 0 Å². The third-order valence-corrected chi connectivity index (χ3v) is 3.23. The predicted octanol–water partition coefficient (Wildman–Crippen LogP) is 4.47. The molecule has 0 amide bonds. The minimum absolute atomic E-state index is 0.731. The van der Waals surface area contributed by atoms with Crippen LogP contribution in [0.3, 0.4) is 0 Å². The number of benzene rings is 2. The smallest absolute Gasteiger partial charge is 0.141 e. The van der Waals surface area contributed by atoms with Crippen molar-refractivity contribution in [3.05, 3.63) is 58.6 Å². The summed E-state index contributed by atoms with van der Waals surface area (Å²) >= 11 is 3.46. The van der Waals surface area contributed by atoms with E-state index >= 15 is 0 Å². The van der Waals surface area contributed by atoms with Gasteiger partial charge in [0.25, 0.3) is 0 Å². The second kappa shape index (κ2) is 5.12. The number of aliphatic hydroxyl groups is 1. The van der Waals surface area contributed by atoms with Gasteiger partial charge >= 0.3 is 0 Å². The lowest BCUT2D eigenvalue weighted by molar-refractivity contribution is 0.0785. The van der Waals surface area contributed by atoms with Crippen molar-refractivity contribution in [2.45, 2.75) is 19.4 Å². The minimum Gasteiger partial charge on any atom is -0.456 e. The van der Waals surface area contributed by atoms with Crippen LogP contribution in [0.4, 0.5) is 0 Å². The SMILES string of the molecule is CC(C)(O)c1ccc(Oc2ccccc2)c(Br)c1. The summed E-state index contributed by atoms with van der Waals surface area (Å²) in [5.74, 6) is 1.52. The maximum absolute atomic E-state index is 9.93. The van der Waals surface area contributed by atoms with Crippen molar-refractivity contribution >= 4 is 15.9 Å². The Morgan fingerprint density at radius 2 is 1.72 bits per heavy atom. The molecule has 0 bridgehead atoms. The zero-order chi connectivity index (χ0) is 13.2. The Kier molecular flexibility index (Phi) is 3.73. The summed E-state index contributed by atoms with van der Waals surface area (Å²) in [7, 11) is 0. The number of hydrogen-bond donors (Lipinski definition) is 1. The fourth-order valence-corrected chi connectivity index (χ4v) is 2.04. The van der Waals surface area contributed by atoms with Crippen LogP contribution in [0.5, 0.6) is 11.5 Å². The standard InChI is InChI=1S/C15H15BrO2/c1-15(2,17)11-8-9-14(13(16)10-11)18-12-6-4-3-5-7-12/h3-10,17H,1-2H3. The molecule has 0 unspecified atom stereocenters. The zero-order valence-corrected chi connectivity index (χ0v) is 11.9. The molecule has 2 nitrogen and oxygen atoms in total. The number of rotatable bonds is 3. The molecular formula is C15H15BrO2. The van der Waals surface area contributed by atoms with Crippen molar-refractivity contribution < 1.29 is 9.84 Å². The average Bonchev–Trinajstić information content (AvgIpc) is 2.32. The molecule has 0 aromatic heterocycles. The lowest BCUT2D eigenvalue weighted by Gasteiger charge is -2.19. The van der Waals surface area contributed by atoms with E-state index in [1.165, 1.54) is 0 Å². The third kappa shape index (κ3) is 3.12. The zero-order valence-electron chi connectivity index (χ0n) is 10.4. The lowest BCUT2D eigenvalue weighted by Crippen LogP contribution is -2.15. The van der Waals surface area contributed by atoms with E-state index in [9.17, 15) is 5.11 Å². The Morgan fingerprint density at radius 3 is 2.28 bits per heavy atom. The normalized spacial score (nSPS) is 11.3. The summed E-state index contributed by atoms with van der Waals surface area (Å²) in [6, 6.07) is 15.2. The van der Waals surface area contributed by atoms with Gasteiger partial charge < -0.3 is 9.84 Å². The van der Waals surface area contributed by atoms with Crippen LogP contribution < -0.4 is 4.74 Å². The number of ether oxygens (including phenoxy) is 1. The molecule has 18 heavy (non-hydrogen) atoms. The first-order chi connectivity index (χ1) is 8.47. The fourth-order valence-electron chi connectivity index (χ4n) is 1.58. The fraction of sp³-hybridized carbons (Fsp3) is 0.200. The lowest BCUT2D eigenvalue weighted by atomic mass is 9.99. The van der Waals surface area contributed by atoms with Crippen LogP contribution in [0.25, 0.3) is 0 Å². The first-order valence-electron chi connectivity index (χ1n) is 5.72. The minimum atomic E-state index is -0.853. The molecule has 3 heteroatoms. The Morgan fingerprint density at radius 1 is 1.06 bits per heavy atom. The van der Waals surface area contributed by atoms with Crippen LogP contribution in [0.2, 0.25) is 0 Å². The van der Waals surface area contributed by atoms with Gasteiger partial charge in [0.1, 0.15) is 11.5 Å². The van der Waals surface area contributed by atoms with E-state index < -0.39 is 5.60 Å². The molecule has 0 atom stereocenters. The molecule has 2 rings (SSSR count). The highest BCUT2D eigenvalue weighted by atomic mass is 79.9. The van der Waals surface area contributed by atoms with E-state index in [2.05, 4.69) is 15.9 Å². The summed E-state index contributed by atoms with van der Waals surface area (Å²) < 4.78 is 6.57. The molecule has 94 valence electrons. The summed E-state index contributed by atoms with van der Waals surface area (Å²) in [5, 5.41) is 9.93. The van der Waals surface area contributed by atoms with Crippen molar-refractivity contribution in [1.29, 1.82) is 0 Å². The van der Waals surface area contributed by atoms with E-state index in [4.69, 9.17) is 4.74 Å². The quantitative estimate of drug-likeness (QED) is 0.906. The van der Waals surface area contributed by atoms with Crippen LogP contribution in [-0.2, 0) is 5.60 Å². The second-order valence-electron chi connectivity index (χ2n) is 4.62. The van der Waals surface area contributed by atoms with Crippen molar-refractivity contribution in [1.82, 2.24) is 0 Å². The highest BCUT2D eigenvalue weighted by Crippen LogP contribution is 2.33. The van der Waals surface area contributed by atoms with Gasteiger partial charge in [-0.3, -0.25) is 0 Å². The van der Waals surface area contributed by atoms with Gasteiger partial charge in [-0.15, -0.1) is 0 Å². The van der Waals surface area contributed by atoms with Crippen molar-refractivity contribution in [2.24, 2.45) is 0 Å². The summed E-state index contributed by atoms with van der Waals surface area (Å²) in [5.41, 5.74) is -0.0110. The first-order valence-corrected chi connectivity index (χ1v) is 6.51. The number of hydrogen-bond acceptors (Lipinski definition) is 2. The van der Waals surface area contributed by atoms with Crippen molar-refractivity contribution in [2.75, 3.05) is 0 Å². The van der Waals surface area contributed by atoms with E-state index in [-0.39, 0.29) is 0 Å². The van der Waals surface area contributed by atoms with Crippen molar-refractivity contribution in [3.8, 4) is 11.5 Å². The molecule has 0 aliphatic heterocycles. The maximum Gasteiger partial charge on any atom is 0.141 e. The van der Waals surface area contributed by atoms with Gasteiger partial charge in [0, 0.05) is 0 Å². The topological polar surface area (TPSA) is 29.5 Å². The van der Waals surface area contributed by atoms with Crippen LogP contribution in [0.1, 0.15) is 19.4 Å². The molecular weight excluding hydrogens is 292 g/mol. The molecule has 0 fully saturated rings. The first kappa shape index (κ1) is 13.1. The molecule has 0 heterocycles. The number of halogens is 1. The molecule has 2 aromatic rings. The third-order valence-electron chi connectivity index (χ3n) is 2.61. The largest absolute Gasteiger partial charge is 0.456 e. The van der Waals surface area contributed by atoms with E-state index in [0.29, 0.717) is 0 Å². The van der Waals surface area contributed by atoms with Gasteiger partial charge in [-0.1, -0.05) is 24.3 Å². The number of para-hydroxylation sites is 1. The average molecular weight is 307 g/mol. The molecule has 0 radical (unpaired) electrons. The molecule has 0 aliphatic carbocycles. The van der Waals surface area contributed by atoms with E-state index in [1.54, 1.807) is 13.8 Å². The Bertz CT molecular complexity index is 530. The molecule has 0 spiro atoms. The second-order valence-corrected chi connectivity index (χ2v) is 5.47. The van der Waals surface area contributed by atoms with Gasteiger partial charge in [0.15, 0.2) is 0 Å². The van der Waals surface area contributed by atoms with Gasteiger partial charge in [-0.25, -0.2) is 0 Å². The molecule has 1 N–H and O–H groups in total. The summed E-state index contributed by atoms with van der Waals surface area (Å²) in [6.07, 6.45) is 0. The summed E-state index contributed by atoms with van der Waals surface area (Å²) in [6.45, 7) is 3.51. The van der Waals surface area contributed by atoms with Crippen molar-refractivity contribution in [3.63, 3.8) is 0 Å². The Balaban J connectivity index is 2.26. The molecule has 2 aromatic carbocycles. The van der Waals surface area contributed by atoms with E-state index in [1.807, 2.05) is 48.5 Å². The highest BCUT2D eigenvalue weighted by Gasteiger charge is 2.17.